The highest BCUT2D eigenvalue weighted by molar-refractivity contribution is 9.11. The first kappa shape index (κ1) is 14.9. The molecule has 9 heteroatoms. The number of rotatable bonds is 4. The largest absolute Gasteiger partial charge is 0.398 e. The number of nitrogens with one attached hydrogen (secondary N) is 1. The molecular formula is C10H9Br2N3O2S2. The van der Waals surface area contributed by atoms with Gasteiger partial charge < -0.3 is 5.73 Å². The molecule has 0 saturated heterocycles. The van der Waals surface area contributed by atoms with Crippen LogP contribution in [0.1, 0.15) is 5.69 Å². The van der Waals surface area contributed by atoms with Gasteiger partial charge in [-0.1, -0.05) is 15.9 Å². The molecule has 5 nitrogen and oxygen atoms in total. The number of thiazole rings is 1. The highest BCUT2D eigenvalue weighted by Crippen LogP contribution is 2.31. The molecule has 0 fully saturated rings. The third-order valence-electron chi connectivity index (χ3n) is 2.23. The Morgan fingerprint density at radius 1 is 1.37 bits per heavy atom. The van der Waals surface area contributed by atoms with Crippen LogP contribution in [0.3, 0.4) is 0 Å². The first-order valence-corrected chi connectivity index (χ1v) is 9.02. The molecule has 1 aromatic heterocycles. The number of anilines is 1. The van der Waals surface area contributed by atoms with Crippen LogP contribution in [0.4, 0.5) is 5.69 Å². The van der Waals surface area contributed by atoms with Gasteiger partial charge in [-0.3, -0.25) is 0 Å². The number of aromatic nitrogens is 1. The summed E-state index contributed by atoms with van der Waals surface area (Å²) >= 11 is 7.87. The molecule has 2 aromatic rings. The van der Waals surface area contributed by atoms with Crippen LogP contribution in [0.25, 0.3) is 0 Å². The lowest BCUT2D eigenvalue weighted by Gasteiger charge is -2.10. The van der Waals surface area contributed by atoms with E-state index in [1.807, 2.05) is 0 Å². The Morgan fingerprint density at radius 3 is 2.68 bits per heavy atom. The summed E-state index contributed by atoms with van der Waals surface area (Å²) < 4.78 is 28.0. The molecule has 0 amide bonds. The molecule has 0 radical (unpaired) electrons. The molecule has 2 rings (SSSR count). The third-order valence-corrected chi connectivity index (χ3v) is 5.73. The fourth-order valence-corrected chi connectivity index (χ4v) is 5.05. The molecule has 1 aromatic carbocycles. The average molecular weight is 427 g/mol. The van der Waals surface area contributed by atoms with Crippen molar-refractivity contribution in [3.05, 3.63) is 37.7 Å². The normalized spacial score (nSPS) is 11.7. The number of hydrogen-bond acceptors (Lipinski definition) is 5. The average Bonchev–Trinajstić information content (AvgIpc) is 2.77. The minimum Gasteiger partial charge on any atom is -0.398 e. The van der Waals surface area contributed by atoms with E-state index >= 15 is 0 Å². The van der Waals surface area contributed by atoms with Crippen LogP contribution >= 0.6 is 43.2 Å². The third kappa shape index (κ3) is 3.54. The predicted molar refractivity (Wildman–Crippen MR) is 82.4 cm³/mol. The zero-order chi connectivity index (χ0) is 14.0. The van der Waals surface area contributed by atoms with Crippen LogP contribution in [0.15, 0.2) is 36.9 Å². The molecule has 0 spiro atoms. The summed E-state index contributed by atoms with van der Waals surface area (Å²) in [6, 6.07) is 3.18. The number of halogens is 2. The van der Waals surface area contributed by atoms with Crippen LogP contribution in [-0.2, 0) is 16.6 Å². The lowest BCUT2D eigenvalue weighted by atomic mass is 10.3. The number of nitrogens with zero attached hydrogens (tertiary/aromatic N) is 1. The van der Waals surface area contributed by atoms with E-state index in [4.69, 9.17) is 5.73 Å². The summed E-state index contributed by atoms with van der Waals surface area (Å²) in [6.07, 6.45) is 0. The van der Waals surface area contributed by atoms with E-state index < -0.39 is 10.0 Å². The molecule has 1 heterocycles. The Labute approximate surface area is 131 Å². The number of nitrogens with two attached hydrogens (primary N) is 1. The van der Waals surface area contributed by atoms with Crippen molar-refractivity contribution >= 4 is 58.9 Å². The fraction of sp³-hybridized carbons (Fsp3) is 0.100. The summed E-state index contributed by atoms with van der Waals surface area (Å²) in [6.45, 7) is 0.133. The van der Waals surface area contributed by atoms with E-state index in [1.54, 1.807) is 23.0 Å². The van der Waals surface area contributed by atoms with Crippen molar-refractivity contribution in [1.82, 2.24) is 9.71 Å². The zero-order valence-electron chi connectivity index (χ0n) is 9.43. The molecule has 3 N–H and O–H groups in total. The number of benzene rings is 1. The van der Waals surface area contributed by atoms with Crippen molar-refractivity contribution in [2.24, 2.45) is 0 Å². The number of hydrogen-bond donors (Lipinski definition) is 2. The molecule has 0 saturated carbocycles. The van der Waals surface area contributed by atoms with Crippen molar-refractivity contribution in [1.29, 1.82) is 0 Å². The molecule has 102 valence electrons. The van der Waals surface area contributed by atoms with E-state index in [2.05, 4.69) is 41.6 Å². The van der Waals surface area contributed by atoms with Gasteiger partial charge in [0, 0.05) is 14.3 Å². The molecule has 0 atom stereocenters. The quantitative estimate of drug-likeness (QED) is 0.736. The highest BCUT2D eigenvalue weighted by atomic mass is 79.9. The lowest BCUT2D eigenvalue weighted by molar-refractivity contribution is 0.580. The Balaban J connectivity index is 2.29. The van der Waals surface area contributed by atoms with Gasteiger partial charge in [-0.05, 0) is 28.1 Å². The second-order valence-corrected chi connectivity index (χ2v) is 7.80. The summed E-state index contributed by atoms with van der Waals surface area (Å²) in [4.78, 5) is 4.05. The topological polar surface area (TPSA) is 85.1 Å². The summed E-state index contributed by atoms with van der Waals surface area (Å²) in [5.74, 6) is 0. The Kier molecular flexibility index (Phi) is 4.62. The van der Waals surface area contributed by atoms with Crippen molar-refractivity contribution < 1.29 is 8.42 Å². The van der Waals surface area contributed by atoms with Crippen LogP contribution in [0.5, 0.6) is 0 Å². The molecule has 0 unspecified atom stereocenters. The highest BCUT2D eigenvalue weighted by Gasteiger charge is 2.21. The maximum atomic E-state index is 12.2. The number of sulfonamides is 1. The van der Waals surface area contributed by atoms with Gasteiger partial charge in [-0.2, -0.15) is 0 Å². The van der Waals surface area contributed by atoms with Crippen molar-refractivity contribution in [2.45, 2.75) is 11.4 Å². The van der Waals surface area contributed by atoms with Gasteiger partial charge in [0.05, 0.1) is 23.4 Å². The van der Waals surface area contributed by atoms with Crippen molar-refractivity contribution in [2.75, 3.05) is 5.73 Å². The molecular weight excluding hydrogens is 418 g/mol. The molecule has 0 aliphatic heterocycles. The van der Waals surface area contributed by atoms with Crippen LogP contribution in [0, 0.1) is 0 Å². The van der Waals surface area contributed by atoms with Crippen molar-refractivity contribution in [3.63, 3.8) is 0 Å². The first-order valence-electron chi connectivity index (χ1n) is 5.01. The second-order valence-electron chi connectivity index (χ2n) is 3.61. The van der Waals surface area contributed by atoms with Gasteiger partial charge in [0.1, 0.15) is 4.90 Å². The lowest BCUT2D eigenvalue weighted by Crippen LogP contribution is -2.24. The SMILES string of the molecule is Nc1cc(Br)cc(Br)c1S(=O)(=O)NCc1cscn1. The monoisotopic (exact) mass is 425 g/mol. The van der Waals surface area contributed by atoms with E-state index in [-0.39, 0.29) is 17.1 Å². The van der Waals surface area contributed by atoms with Gasteiger partial charge in [0.2, 0.25) is 10.0 Å². The molecule has 19 heavy (non-hydrogen) atoms. The first-order chi connectivity index (χ1) is 8.90. The van der Waals surface area contributed by atoms with E-state index in [0.717, 1.165) is 0 Å². The van der Waals surface area contributed by atoms with Gasteiger partial charge in [0.15, 0.2) is 0 Å². The van der Waals surface area contributed by atoms with Gasteiger partial charge in [0.25, 0.3) is 0 Å². The van der Waals surface area contributed by atoms with E-state index in [9.17, 15) is 8.42 Å². The standard InChI is InChI=1S/C10H9Br2N3O2S2/c11-6-1-8(12)10(9(13)2-6)19(16,17)15-3-7-4-18-5-14-7/h1-2,4-5,15H,3,13H2. The van der Waals surface area contributed by atoms with Crippen LogP contribution in [-0.4, -0.2) is 13.4 Å². The number of nitrogen functional groups attached to an aromatic ring is 1. The van der Waals surface area contributed by atoms with E-state index in [0.29, 0.717) is 14.6 Å². The maximum Gasteiger partial charge on any atom is 0.244 e. The van der Waals surface area contributed by atoms with E-state index in [1.165, 1.54) is 11.3 Å². The van der Waals surface area contributed by atoms with Crippen LogP contribution < -0.4 is 10.5 Å². The minimum atomic E-state index is -3.69. The fourth-order valence-electron chi connectivity index (χ4n) is 1.43. The molecule has 0 aliphatic rings. The minimum absolute atomic E-state index is 0.0333. The Hall–Kier alpha value is -0.480. The second kappa shape index (κ2) is 5.88. The maximum absolute atomic E-state index is 12.2. The van der Waals surface area contributed by atoms with Crippen molar-refractivity contribution in [3.8, 4) is 0 Å². The molecule has 0 bridgehead atoms. The molecule has 0 aliphatic carbocycles. The van der Waals surface area contributed by atoms with Gasteiger partial charge in [-0.15, -0.1) is 11.3 Å². The summed E-state index contributed by atoms with van der Waals surface area (Å²) in [5, 5.41) is 1.78. The Morgan fingerprint density at radius 2 is 2.11 bits per heavy atom. The van der Waals surface area contributed by atoms with Gasteiger partial charge in [-0.25, -0.2) is 18.1 Å². The summed E-state index contributed by atoms with van der Waals surface area (Å²) in [7, 11) is -3.69. The predicted octanol–water partition coefficient (Wildman–Crippen LogP) is 2.73. The summed E-state index contributed by atoms with van der Waals surface area (Å²) in [5.41, 5.74) is 8.25. The smallest absolute Gasteiger partial charge is 0.244 e. The zero-order valence-corrected chi connectivity index (χ0v) is 14.2. The van der Waals surface area contributed by atoms with Crippen LogP contribution in [0.2, 0.25) is 0 Å². The Bertz CT molecular complexity index is 664. The van der Waals surface area contributed by atoms with Gasteiger partial charge >= 0.3 is 0 Å².